The third kappa shape index (κ3) is 4.52. The van der Waals surface area contributed by atoms with Gasteiger partial charge in [-0.25, -0.2) is 8.42 Å². The van der Waals surface area contributed by atoms with E-state index in [-0.39, 0.29) is 16.7 Å². The largest absolute Gasteiger partial charge is 0.325 e. The van der Waals surface area contributed by atoms with Crippen molar-refractivity contribution in [1.29, 1.82) is 0 Å². The second-order valence-electron chi connectivity index (χ2n) is 7.90. The van der Waals surface area contributed by atoms with Crippen LogP contribution in [0.3, 0.4) is 0 Å². The van der Waals surface area contributed by atoms with Crippen molar-refractivity contribution in [1.82, 2.24) is 4.31 Å². The average Bonchev–Trinajstić information content (AvgIpc) is 2.87. The minimum absolute atomic E-state index is 0.0625. The molecule has 2 aliphatic rings. The lowest BCUT2D eigenvalue weighted by Crippen LogP contribution is -2.38. The number of carbonyl (C=O) groups is 1. The number of hydrogen-bond donors (Lipinski definition) is 1. The van der Waals surface area contributed by atoms with Crippen molar-refractivity contribution in [3.05, 3.63) is 54.1 Å². The van der Waals surface area contributed by atoms with E-state index in [1.165, 1.54) is 5.56 Å². The lowest BCUT2D eigenvalue weighted by Gasteiger charge is -2.31. The first-order chi connectivity index (χ1) is 13.9. The molecule has 0 radical (unpaired) electrons. The second kappa shape index (κ2) is 8.50. The molecule has 5 nitrogen and oxygen atoms in total. The summed E-state index contributed by atoms with van der Waals surface area (Å²) >= 11 is 1.59. The molecule has 2 aromatic rings. The number of carbonyl (C=O) groups excluding carboxylic acids is 1. The van der Waals surface area contributed by atoms with Gasteiger partial charge in [0.05, 0.1) is 10.6 Å². The Labute approximate surface area is 176 Å². The van der Waals surface area contributed by atoms with Gasteiger partial charge in [-0.15, -0.1) is 11.8 Å². The molecular formula is C22H26N2O3S2. The molecule has 2 aliphatic heterocycles. The quantitative estimate of drug-likeness (QED) is 0.796. The lowest BCUT2D eigenvalue weighted by molar-refractivity contribution is -0.118. The Bertz CT molecular complexity index is 984. The minimum atomic E-state index is -3.56. The first kappa shape index (κ1) is 20.4. The summed E-state index contributed by atoms with van der Waals surface area (Å²) in [6.07, 6.45) is 2.72. The van der Waals surface area contributed by atoms with Crippen molar-refractivity contribution >= 4 is 33.4 Å². The van der Waals surface area contributed by atoms with E-state index < -0.39 is 10.0 Å². The molecule has 29 heavy (non-hydrogen) atoms. The van der Waals surface area contributed by atoms with Crippen LogP contribution >= 0.6 is 11.8 Å². The number of amides is 1. The monoisotopic (exact) mass is 430 g/mol. The van der Waals surface area contributed by atoms with Crippen molar-refractivity contribution < 1.29 is 13.2 Å². The van der Waals surface area contributed by atoms with Crippen LogP contribution in [0.5, 0.6) is 0 Å². The lowest BCUT2D eigenvalue weighted by atomic mass is 9.91. The van der Waals surface area contributed by atoms with Crippen LogP contribution in [0.25, 0.3) is 0 Å². The zero-order valence-corrected chi connectivity index (χ0v) is 18.1. The molecule has 1 saturated heterocycles. The molecule has 1 amide bonds. The van der Waals surface area contributed by atoms with E-state index in [2.05, 4.69) is 17.4 Å². The number of benzene rings is 2. The van der Waals surface area contributed by atoms with Crippen LogP contribution in [0.1, 0.15) is 25.3 Å². The van der Waals surface area contributed by atoms with E-state index in [4.69, 9.17) is 0 Å². The molecule has 0 aromatic heterocycles. The van der Waals surface area contributed by atoms with Crippen LogP contribution in [0.15, 0.2) is 58.3 Å². The van der Waals surface area contributed by atoms with E-state index in [1.54, 1.807) is 28.2 Å². The highest BCUT2D eigenvalue weighted by molar-refractivity contribution is 7.99. The smallest absolute Gasteiger partial charge is 0.243 e. The Morgan fingerprint density at radius 1 is 1.10 bits per heavy atom. The molecule has 1 fully saturated rings. The number of sulfonamides is 1. The zero-order chi connectivity index (χ0) is 20.4. The van der Waals surface area contributed by atoms with Crippen LogP contribution in [0.4, 0.5) is 5.69 Å². The molecule has 0 saturated carbocycles. The predicted octanol–water partition coefficient (Wildman–Crippen LogP) is 4.01. The highest BCUT2D eigenvalue weighted by Crippen LogP contribution is 2.35. The summed E-state index contributed by atoms with van der Waals surface area (Å²) in [5.41, 5.74) is 1.91. The SMILES string of the molecule is C[C@@H]1CSc2ccc(S(=O)(=O)N3CCC(Cc4ccccc4)CC3)cc2NC1=O. The molecule has 4 rings (SSSR count). The maximum absolute atomic E-state index is 13.2. The summed E-state index contributed by atoms with van der Waals surface area (Å²) in [4.78, 5) is 13.3. The topological polar surface area (TPSA) is 66.5 Å². The Morgan fingerprint density at radius 2 is 1.83 bits per heavy atom. The minimum Gasteiger partial charge on any atom is -0.325 e. The zero-order valence-electron chi connectivity index (χ0n) is 16.5. The van der Waals surface area contributed by atoms with Crippen LogP contribution in [0.2, 0.25) is 0 Å². The van der Waals surface area contributed by atoms with Crippen LogP contribution in [0, 0.1) is 11.8 Å². The highest BCUT2D eigenvalue weighted by Gasteiger charge is 2.30. The van der Waals surface area contributed by atoms with Gasteiger partial charge in [-0.05, 0) is 48.9 Å². The van der Waals surface area contributed by atoms with Crippen molar-refractivity contribution in [2.75, 3.05) is 24.2 Å². The van der Waals surface area contributed by atoms with Crippen molar-refractivity contribution in [3.63, 3.8) is 0 Å². The number of fused-ring (bicyclic) bond motifs is 1. The Balaban J connectivity index is 1.46. The fraction of sp³-hybridized carbons (Fsp3) is 0.409. The normalized spacial score (nSPS) is 21.3. The van der Waals surface area contributed by atoms with Gasteiger partial charge in [-0.3, -0.25) is 4.79 Å². The summed E-state index contributed by atoms with van der Waals surface area (Å²) in [7, 11) is -3.56. The molecule has 154 valence electrons. The standard InChI is InChI=1S/C22H26N2O3S2/c1-16-15-28-21-8-7-19(14-20(21)23-22(16)25)29(26,27)24-11-9-18(10-12-24)13-17-5-3-2-4-6-17/h2-8,14,16,18H,9-13,15H2,1H3,(H,23,25)/t16-/m1/s1. The summed E-state index contributed by atoms with van der Waals surface area (Å²) in [5.74, 6) is 1.04. The molecule has 1 atom stereocenters. The number of rotatable bonds is 4. The first-order valence-electron chi connectivity index (χ1n) is 10.1. The van der Waals surface area contributed by atoms with Crippen LogP contribution in [-0.4, -0.2) is 37.5 Å². The number of thioether (sulfide) groups is 1. The molecule has 0 spiro atoms. The summed E-state index contributed by atoms with van der Waals surface area (Å²) in [5, 5.41) is 2.88. The van der Waals surface area contributed by atoms with Gasteiger partial charge in [-0.1, -0.05) is 37.3 Å². The van der Waals surface area contributed by atoms with Crippen molar-refractivity contribution in [2.45, 2.75) is 36.0 Å². The van der Waals surface area contributed by atoms with Gasteiger partial charge in [0.2, 0.25) is 15.9 Å². The third-order valence-corrected chi connectivity index (χ3v) is 8.95. The number of piperidine rings is 1. The molecule has 0 aliphatic carbocycles. The first-order valence-corrected chi connectivity index (χ1v) is 12.5. The number of nitrogens with zero attached hydrogens (tertiary/aromatic N) is 1. The van der Waals surface area contributed by atoms with Crippen LogP contribution in [-0.2, 0) is 21.2 Å². The Hall–Kier alpha value is -1.83. The molecule has 1 N–H and O–H groups in total. The molecule has 2 heterocycles. The van der Waals surface area contributed by atoms with Gasteiger partial charge in [-0.2, -0.15) is 4.31 Å². The summed E-state index contributed by atoms with van der Waals surface area (Å²) in [6, 6.07) is 15.5. The molecule has 0 bridgehead atoms. The Kier molecular flexibility index (Phi) is 5.99. The Morgan fingerprint density at radius 3 is 2.55 bits per heavy atom. The van der Waals surface area contributed by atoms with E-state index >= 15 is 0 Å². The van der Waals surface area contributed by atoms with Crippen molar-refractivity contribution in [3.8, 4) is 0 Å². The van der Waals surface area contributed by atoms with E-state index in [9.17, 15) is 13.2 Å². The fourth-order valence-electron chi connectivity index (χ4n) is 3.89. The number of hydrogen-bond acceptors (Lipinski definition) is 4. The number of nitrogens with one attached hydrogen (secondary N) is 1. The van der Waals surface area contributed by atoms with Gasteiger partial charge < -0.3 is 5.32 Å². The maximum atomic E-state index is 13.2. The van der Waals surface area contributed by atoms with E-state index in [1.807, 2.05) is 31.2 Å². The van der Waals surface area contributed by atoms with Gasteiger partial charge in [0.1, 0.15) is 0 Å². The second-order valence-corrected chi connectivity index (χ2v) is 10.9. The van der Waals surface area contributed by atoms with Gasteiger partial charge in [0.15, 0.2) is 0 Å². The molecule has 7 heteroatoms. The summed E-state index contributed by atoms with van der Waals surface area (Å²) in [6.45, 7) is 2.95. The molecule has 0 unspecified atom stereocenters. The van der Waals surface area contributed by atoms with E-state index in [0.717, 1.165) is 24.2 Å². The number of anilines is 1. The van der Waals surface area contributed by atoms with Crippen LogP contribution < -0.4 is 5.32 Å². The average molecular weight is 431 g/mol. The maximum Gasteiger partial charge on any atom is 0.243 e. The molecular weight excluding hydrogens is 404 g/mol. The van der Waals surface area contributed by atoms with Crippen molar-refractivity contribution in [2.24, 2.45) is 11.8 Å². The van der Waals surface area contributed by atoms with Gasteiger partial charge >= 0.3 is 0 Å². The summed E-state index contributed by atoms with van der Waals surface area (Å²) < 4.78 is 27.9. The highest BCUT2D eigenvalue weighted by atomic mass is 32.2. The fourth-order valence-corrected chi connectivity index (χ4v) is 6.40. The third-order valence-electron chi connectivity index (χ3n) is 5.72. The molecule has 2 aromatic carbocycles. The predicted molar refractivity (Wildman–Crippen MR) is 117 cm³/mol. The van der Waals surface area contributed by atoms with Gasteiger partial charge in [0, 0.05) is 29.7 Å². The van der Waals surface area contributed by atoms with Gasteiger partial charge in [0.25, 0.3) is 0 Å². The van der Waals surface area contributed by atoms with E-state index in [0.29, 0.717) is 30.4 Å².